The Labute approximate surface area is 256 Å². The molecule has 1 aliphatic rings. The lowest BCUT2D eigenvalue weighted by atomic mass is 10.1. The number of amides is 3. The number of likely N-dealkylation sites (tertiary alicyclic amines) is 1. The van der Waals surface area contributed by atoms with Gasteiger partial charge in [0.2, 0.25) is 11.8 Å². The maximum Gasteiger partial charge on any atom is 0.411 e. The van der Waals surface area contributed by atoms with Crippen molar-refractivity contribution in [1.29, 1.82) is 0 Å². The number of hydrogen-bond acceptors (Lipinski definition) is 8. The van der Waals surface area contributed by atoms with Gasteiger partial charge in [0.15, 0.2) is 0 Å². The van der Waals surface area contributed by atoms with Gasteiger partial charge in [0.1, 0.15) is 23.0 Å². The number of anilines is 1. The number of methoxy groups -OCH3 is 1. The lowest BCUT2D eigenvalue weighted by molar-refractivity contribution is -0.131. The smallest absolute Gasteiger partial charge is 0.411 e. The Hall–Kier alpha value is -4.75. The van der Waals surface area contributed by atoms with Crippen molar-refractivity contribution < 1.29 is 19.1 Å². The number of nitrogens with zero attached hydrogens (tertiary/aromatic N) is 6. The molecule has 1 atom stereocenters. The summed E-state index contributed by atoms with van der Waals surface area (Å²) in [5.41, 5.74) is 2.84. The highest BCUT2D eigenvalue weighted by Gasteiger charge is 2.27. The Bertz CT molecular complexity index is 1630. The molecule has 13 nitrogen and oxygen atoms in total. The Kier molecular flexibility index (Phi) is 9.32. The lowest BCUT2D eigenvalue weighted by Crippen LogP contribution is -2.35. The van der Waals surface area contributed by atoms with Gasteiger partial charge in [-0.05, 0) is 59.7 Å². The number of imidazole rings is 1. The summed E-state index contributed by atoms with van der Waals surface area (Å²) in [6.07, 6.45) is 5.62. The molecule has 0 spiro atoms. The summed E-state index contributed by atoms with van der Waals surface area (Å²) in [6.45, 7) is 1.34. The van der Waals surface area contributed by atoms with E-state index in [0.717, 1.165) is 12.8 Å². The number of rotatable bonds is 9. The van der Waals surface area contributed by atoms with Crippen molar-refractivity contribution in [2.45, 2.75) is 25.3 Å². The van der Waals surface area contributed by atoms with Crippen LogP contribution in [0.5, 0.6) is 0 Å². The number of benzene rings is 2. The molecule has 1 fully saturated rings. The maximum absolute atomic E-state index is 13.2. The first kappa shape index (κ1) is 29.7. The average molecular weight is 624 g/mol. The van der Waals surface area contributed by atoms with E-state index in [0.29, 0.717) is 52.1 Å². The number of ether oxygens (including phenoxy) is 1. The van der Waals surface area contributed by atoms with E-state index >= 15 is 0 Å². The van der Waals surface area contributed by atoms with Crippen LogP contribution in [0.4, 0.5) is 10.5 Å². The molecule has 15 heteroatoms. The van der Waals surface area contributed by atoms with E-state index in [-0.39, 0.29) is 17.5 Å². The molecule has 0 aliphatic carbocycles. The number of carbonyl (C=O) groups excluding carboxylic acids is 3. The minimum atomic E-state index is -0.796. The number of nitrogens with one attached hydrogen (secondary N) is 3. The van der Waals surface area contributed by atoms with Crippen molar-refractivity contribution >= 4 is 52.9 Å². The molecule has 43 heavy (non-hydrogen) atoms. The van der Waals surface area contributed by atoms with Crippen LogP contribution in [0.15, 0.2) is 54.9 Å². The molecule has 4 aromatic rings. The first-order valence-electron chi connectivity index (χ1n) is 13.3. The third-order valence-electron chi connectivity index (χ3n) is 6.75. The van der Waals surface area contributed by atoms with Crippen LogP contribution in [0.3, 0.4) is 0 Å². The topological polar surface area (TPSA) is 160 Å². The van der Waals surface area contributed by atoms with Crippen LogP contribution >= 0.6 is 23.2 Å². The molecular weight excluding hydrogens is 597 g/mol. The standard InChI is InChI=1S/C28H27Cl2N9O4/c1-43-28(42)32-20-8-4-17(5-9-20)25-26(30)35-27(34-25)21(15-24(41)38-12-2-3-13-38)33-23(40)11-6-18-14-19(29)7-10-22(18)39-16-31-36-37-39/h4-11,14,16,21H,2-3,12-13,15H2,1H3,(H,32,42)(H,33,40)(H,34,35)/b11-6+/t21-/m0/s1. The second-order valence-corrected chi connectivity index (χ2v) is 10.4. The summed E-state index contributed by atoms with van der Waals surface area (Å²) in [7, 11) is 1.28. The van der Waals surface area contributed by atoms with Crippen molar-refractivity contribution in [2.24, 2.45) is 0 Å². The minimum absolute atomic E-state index is 0.0160. The highest BCUT2D eigenvalue weighted by Crippen LogP contribution is 2.30. The van der Waals surface area contributed by atoms with Crippen LogP contribution in [0.2, 0.25) is 10.2 Å². The number of hydrogen-bond donors (Lipinski definition) is 3. The van der Waals surface area contributed by atoms with E-state index in [9.17, 15) is 14.4 Å². The van der Waals surface area contributed by atoms with Gasteiger partial charge in [-0.2, -0.15) is 4.68 Å². The first-order valence-corrected chi connectivity index (χ1v) is 14.1. The average Bonchev–Trinajstić information content (AvgIpc) is 3.79. The van der Waals surface area contributed by atoms with E-state index in [4.69, 9.17) is 23.2 Å². The Morgan fingerprint density at radius 2 is 1.88 bits per heavy atom. The molecule has 3 N–H and O–H groups in total. The first-order chi connectivity index (χ1) is 20.8. The predicted molar refractivity (Wildman–Crippen MR) is 160 cm³/mol. The van der Waals surface area contributed by atoms with Crippen molar-refractivity contribution in [3.05, 3.63) is 76.4 Å². The van der Waals surface area contributed by atoms with Crippen molar-refractivity contribution in [3.63, 3.8) is 0 Å². The van der Waals surface area contributed by atoms with Gasteiger partial charge in [0, 0.05) is 41.0 Å². The van der Waals surface area contributed by atoms with E-state index in [2.05, 4.69) is 40.9 Å². The normalized spacial score (nSPS) is 13.7. The fourth-order valence-electron chi connectivity index (χ4n) is 4.62. The van der Waals surface area contributed by atoms with Gasteiger partial charge in [-0.3, -0.25) is 14.9 Å². The predicted octanol–water partition coefficient (Wildman–Crippen LogP) is 4.42. The van der Waals surface area contributed by atoms with Gasteiger partial charge in [0.25, 0.3) is 0 Å². The minimum Gasteiger partial charge on any atom is -0.453 e. The van der Waals surface area contributed by atoms with E-state index < -0.39 is 18.0 Å². The number of aromatic nitrogens is 6. The van der Waals surface area contributed by atoms with Crippen molar-refractivity contribution in [3.8, 4) is 16.9 Å². The maximum atomic E-state index is 13.2. The summed E-state index contributed by atoms with van der Waals surface area (Å²) in [4.78, 5) is 47.2. The Morgan fingerprint density at radius 1 is 1.12 bits per heavy atom. The molecule has 3 heterocycles. The molecule has 5 rings (SSSR count). The molecule has 2 aromatic carbocycles. The van der Waals surface area contributed by atoms with Crippen molar-refractivity contribution in [2.75, 3.05) is 25.5 Å². The van der Waals surface area contributed by atoms with Crippen LogP contribution in [-0.4, -0.2) is 73.2 Å². The number of H-pyrrole nitrogens is 1. The van der Waals surface area contributed by atoms with Crippen LogP contribution in [0, 0.1) is 0 Å². The molecule has 0 unspecified atom stereocenters. The van der Waals surface area contributed by atoms with E-state index in [1.54, 1.807) is 53.4 Å². The SMILES string of the molecule is COC(=O)Nc1ccc(-c2nc([C@H](CC(=O)N3CCCC3)NC(=O)/C=C/c3cc(Cl)ccc3-n3cnnn3)[nH]c2Cl)cc1. The van der Waals surface area contributed by atoms with Gasteiger partial charge < -0.3 is 19.9 Å². The molecule has 0 radical (unpaired) electrons. The van der Waals surface area contributed by atoms with Crippen molar-refractivity contribution in [1.82, 2.24) is 40.4 Å². The third kappa shape index (κ3) is 7.37. The molecule has 222 valence electrons. The highest BCUT2D eigenvalue weighted by molar-refractivity contribution is 6.32. The van der Waals surface area contributed by atoms with E-state index in [1.165, 1.54) is 24.2 Å². The van der Waals surface area contributed by atoms with Gasteiger partial charge in [0.05, 0.1) is 25.3 Å². The molecule has 0 saturated carbocycles. The van der Waals surface area contributed by atoms with Crippen LogP contribution in [-0.2, 0) is 14.3 Å². The summed E-state index contributed by atoms with van der Waals surface area (Å²) in [5.74, 6) is -0.243. The van der Waals surface area contributed by atoms with Gasteiger partial charge in [-0.25, -0.2) is 9.78 Å². The van der Waals surface area contributed by atoms with Crippen LogP contribution in [0.25, 0.3) is 23.0 Å². The molecular formula is C28H27Cl2N9O4. The summed E-state index contributed by atoms with van der Waals surface area (Å²) in [5, 5.41) is 17.4. The zero-order chi connectivity index (χ0) is 30.3. The molecule has 2 aromatic heterocycles. The molecule has 0 bridgehead atoms. The zero-order valence-electron chi connectivity index (χ0n) is 23.0. The number of aromatic amines is 1. The number of carbonyl (C=O) groups is 3. The number of halogens is 2. The zero-order valence-corrected chi connectivity index (χ0v) is 24.5. The quantitative estimate of drug-likeness (QED) is 0.231. The fraction of sp³-hybridized carbons (Fsp3) is 0.250. The largest absolute Gasteiger partial charge is 0.453 e. The van der Waals surface area contributed by atoms with Gasteiger partial charge in [-0.15, -0.1) is 5.10 Å². The van der Waals surface area contributed by atoms with Gasteiger partial charge in [-0.1, -0.05) is 35.3 Å². The van der Waals surface area contributed by atoms with Gasteiger partial charge >= 0.3 is 6.09 Å². The third-order valence-corrected chi connectivity index (χ3v) is 7.26. The van der Waals surface area contributed by atoms with E-state index in [1.807, 2.05) is 0 Å². The second kappa shape index (κ2) is 13.5. The second-order valence-electron chi connectivity index (χ2n) is 9.62. The summed E-state index contributed by atoms with van der Waals surface area (Å²) >= 11 is 12.7. The lowest BCUT2D eigenvalue weighted by Gasteiger charge is -2.20. The summed E-state index contributed by atoms with van der Waals surface area (Å²) in [6, 6.07) is 11.1. The monoisotopic (exact) mass is 623 g/mol. The number of tetrazole rings is 1. The Morgan fingerprint density at radius 3 is 2.58 bits per heavy atom. The summed E-state index contributed by atoms with van der Waals surface area (Å²) < 4.78 is 6.07. The van der Waals surface area contributed by atoms with Crippen LogP contribution in [0.1, 0.15) is 36.7 Å². The molecule has 1 aliphatic heterocycles. The van der Waals surface area contributed by atoms with Crippen LogP contribution < -0.4 is 10.6 Å². The molecule has 1 saturated heterocycles. The fourth-order valence-corrected chi connectivity index (χ4v) is 5.05. The Balaban J connectivity index is 1.38. The highest BCUT2D eigenvalue weighted by atomic mass is 35.5. The molecule has 3 amide bonds.